The number of aromatic nitrogens is 2. The molecule has 8 nitrogen and oxygen atoms in total. The van der Waals surface area contributed by atoms with Gasteiger partial charge in [-0.25, -0.2) is 9.97 Å². The molecule has 0 saturated heterocycles. The van der Waals surface area contributed by atoms with Crippen LogP contribution in [-0.2, 0) is 0 Å². The number of aryl methyl sites for hydroxylation is 1. The van der Waals surface area contributed by atoms with Crippen molar-refractivity contribution in [3.63, 3.8) is 0 Å². The predicted molar refractivity (Wildman–Crippen MR) is 118 cm³/mol. The van der Waals surface area contributed by atoms with Crippen molar-refractivity contribution >= 4 is 49.1 Å². The molecule has 2 N–H and O–H groups in total. The second-order valence-electron chi connectivity index (χ2n) is 6.11. The summed E-state index contributed by atoms with van der Waals surface area (Å²) in [7, 11) is 0. The Kier molecular flexibility index (Phi) is 6.23. The first-order chi connectivity index (χ1) is 13.7. The van der Waals surface area contributed by atoms with Gasteiger partial charge in [0.05, 0.1) is 20.7 Å². The van der Waals surface area contributed by atoms with Crippen LogP contribution in [0.5, 0.6) is 5.75 Å². The van der Waals surface area contributed by atoms with Crippen LogP contribution in [0.15, 0.2) is 56.5 Å². The maximum Gasteiger partial charge on any atom is 0.269 e. The molecule has 1 aromatic heterocycles. The minimum absolute atomic E-state index is 0.0190. The van der Waals surface area contributed by atoms with Crippen LogP contribution < -0.4 is 5.43 Å². The standard InChI is InChI=1S/C19H15Br2N5O3/c1-10-7-17(23-19(22-10)15-8-13(20)9-16(21)18(15)27)25-24-11(2)12-3-5-14(6-4-12)26(28)29/h3-9,27H,1-2H3,(H,22,23,25)/b24-11-. The summed E-state index contributed by atoms with van der Waals surface area (Å²) < 4.78 is 1.29. The van der Waals surface area contributed by atoms with Crippen molar-refractivity contribution in [3.8, 4) is 17.1 Å². The number of nitro benzene ring substituents is 1. The predicted octanol–water partition coefficient (Wildman–Crippen LogP) is 5.43. The number of benzene rings is 2. The lowest BCUT2D eigenvalue weighted by Gasteiger charge is -2.09. The highest BCUT2D eigenvalue weighted by Gasteiger charge is 2.14. The molecule has 0 aliphatic rings. The Labute approximate surface area is 183 Å². The average molecular weight is 521 g/mol. The molecule has 0 bridgehead atoms. The van der Waals surface area contributed by atoms with Crippen LogP contribution in [0.25, 0.3) is 11.4 Å². The lowest BCUT2D eigenvalue weighted by molar-refractivity contribution is -0.384. The number of hydrazone groups is 1. The number of hydrogen-bond donors (Lipinski definition) is 2. The summed E-state index contributed by atoms with van der Waals surface area (Å²) in [4.78, 5) is 19.1. The molecule has 29 heavy (non-hydrogen) atoms. The third-order valence-corrected chi connectivity index (χ3v) is 5.02. The number of rotatable bonds is 5. The van der Waals surface area contributed by atoms with Crippen molar-refractivity contribution in [1.82, 2.24) is 9.97 Å². The van der Waals surface area contributed by atoms with E-state index in [1.54, 1.807) is 37.3 Å². The van der Waals surface area contributed by atoms with Gasteiger partial charge in [-0.2, -0.15) is 5.10 Å². The van der Waals surface area contributed by atoms with E-state index in [0.717, 1.165) is 10.0 Å². The quantitative estimate of drug-likeness (QED) is 0.263. The Hall–Kier alpha value is -2.85. The lowest BCUT2D eigenvalue weighted by atomic mass is 10.1. The second kappa shape index (κ2) is 8.66. The zero-order chi connectivity index (χ0) is 21.1. The summed E-state index contributed by atoms with van der Waals surface area (Å²) in [6, 6.07) is 11.3. The number of anilines is 1. The van der Waals surface area contributed by atoms with Crippen LogP contribution in [0.3, 0.4) is 0 Å². The summed E-state index contributed by atoms with van der Waals surface area (Å²) in [5.74, 6) is 0.828. The fourth-order valence-electron chi connectivity index (χ4n) is 2.51. The minimum atomic E-state index is -0.449. The number of phenols is 1. The van der Waals surface area contributed by atoms with E-state index >= 15 is 0 Å². The van der Waals surface area contributed by atoms with Crippen molar-refractivity contribution in [1.29, 1.82) is 0 Å². The molecule has 1 heterocycles. The Balaban J connectivity index is 1.89. The van der Waals surface area contributed by atoms with Crippen LogP contribution in [0.1, 0.15) is 18.2 Å². The molecule has 0 amide bonds. The van der Waals surface area contributed by atoms with Gasteiger partial charge >= 0.3 is 0 Å². The third kappa shape index (κ3) is 4.96. The highest BCUT2D eigenvalue weighted by molar-refractivity contribution is 9.11. The first-order valence-corrected chi connectivity index (χ1v) is 9.92. The minimum Gasteiger partial charge on any atom is -0.506 e. The van der Waals surface area contributed by atoms with Crippen molar-refractivity contribution in [2.75, 3.05) is 5.43 Å². The molecule has 0 aliphatic carbocycles. The second-order valence-corrected chi connectivity index (χ2v) is 7.88. The van der Waals surface area contributed by atoms with E-state index in [1.165, 1.54) is 12.1 Å². The number of phenolic OH excluding ortho intramolecular Hbond substituents is 1. The van der Waals surface area contributed by atoms with Gasteiger partial charge in [-0.05, 0) is 59.6 Å². The monoisotopic (exact) mass is 519 g/mol. The van der Waals surface area contributed by atoms with Gasteiger partial charge in [0, 0.05) is 28.4 Å². The molecular weight excluding hydrogens is 506 g/mol. The summed E-state index contributed by atoms with van der Waals surface area (Å²) in [5, 5.41) is 25.4. The SMILES string of the molecule is C/C(=N/Nc1cc(C)nc(-c2cc(Br)cc(Br)c2O)n1)c1ccc([N+](=O)[O-])cc1. The Morgan fingerprint density at radius 3 is 2.52 bits per heavy atom. The average Bonchev–Trinajstić information content (AvgIpc) is 2.68. The molecule has 148 valence electrons. The van der Waals surface area contributed by atoms with Crippen LogP contribution in [0, 0.1) is 17.0 Å². The van der Waals surface area contributed by atoms with E-state index in [-0.39, 0.29) is 11.4 Å². The van der Waals surface area contributed by atoms with Gasteiger partial charge in [0.2, 0.25) is 0 Å². The van der Waals surface area contributed by atoms with Crippen molar-refractivity contribution < 1.29 is 10.0 Å². The van der Waals surface area contributed by atoms with E-state index in [4.69, 9.17) is 0 Å². The van der Waals surface area contributed by atoms with E-state index in [1.807, 2.05) is 6.92 Å². The van der Waals surface area contributed by atoms with Gasteiger partial charge in [-0.3, -0.25) is 15.5 Å². The Bertz CT molecular complexity index is 1120. The molecule has 2 aromatic carbocycles. The smallest absolute Gasteiger partial charge is 0.269 e. The molecule has 0 saturated carbocycles. The first-order valence-electron chi connectivity index (χ1n) is 8.34. The third-order valence-electron chi connectivity index (χ3n) is 3.96. The van der Waals surface area contributed by atoms with E-state index in [0.29, 0.717) is 33.1 Å². The molecular formula is C19H15Br2N5O3. The Morgan fingerprint density at radius 2 is 1.86 bits per heavy atom. The van der Waals surface area contributed by atoms with Crippen molar-refractivity contribution in [2.24, 2.45) is 5.10 Å². The number of non-ortho nitro benzene ring substituents is 1. The maximum atomic E-state index is 10.8. The lowest BCUT2D eigenvalue weighted by Crippen LogP contribution is -2.03. The van der Waals surface area contributed by atoms with E-state index in [2.05, 4.69) is 52.4 Å². The topological polar surface area (TPSA) is 114 Å². The number of nitrogens with zero attached hydrogens (tertiary/aromatic N) is 4. The van der Waals surface area contributed by atoms with E-state index < -0.39 is 4.92 Å². The molecule has 10 heteroatoms. The summed E-state index contributed by atoms with van der Waals surface area (Å²) in [5.41, 5.74) is 5.42. The number of nitrogens with one attached hydrogen (secondary N) is 1. The molecule has 0 unspecified atom stereocenters. The Morgan fingerprint density at radius 1 is 1.17 bits per heavy atom. The maximum absolute atomic E-state index is 10.8. The van der Waals surface area contributed by atoms with Gasteiger partial charge < -0.3 is 5.11 Å². The summed E-state index contributed by atoms with van der Waals surface area (Å²) >= 11 is 6.70. The number of aromatic hydroxyl groups is 1. The van der Waals surface area contributed by atoms with Crippen LogP contribution in [0.2, 0.25) is 0 Å². The molecule has 0 fully saturated rings. The van der Waals surface area contributed by atoms with Crippen LogP contribution >= 0.6 is 31.9 Å². The highest BCUT2D eigenvalue weighted by atomic mass is 79.9. The summed E-state index contributed by atoms with van der Waals surface area (Å²) in [6.07, 6.45) is 0. The number of hydrogen-bond acceptors (Lipinski definition) is 7. The summed E-state index contributed by atoms with van der Waals surface area (Å²) in [6.45, 7) is 3.59. The van der Waals surface area contributed by atoms with Gasteiger partial charge in [0.1, 0.15) is 5.75 Å². The van der Waals surface area contributed by atoms with Crippen molar-refractivity contribution in [3.05, 3.63) is 72.8 Å². The molecule has 0 spiro atoms. The zero-order valence-electron chi connectivity index (χ0n) is 15.3. The van der Waals surface area contributed by atoms with Gasteiger partial charge in [0.15, 0.2) is 11.6 Å². The zero-order valence-corrected chi connectivity index (χ0v) is 18.5. The van der Waals surface area contributed by atoms with Crippen LogP contribution in [-0.4, -0.2) is 25.7 Å². The fourth-order valence-corrected chi connectivity index (χ4v) is 3.74. The highest BCUT2D eigenvalue weighted by Crippen LogP contribution is 2.37. The number of halogens is 2. The largest absolute Gasteiger partial charge is 0.506 e. The molecule has 0 radical (unpaired) electrons. The van der Waals surface area contributed by atoms with Gasteiger partial charge in [0.25, 0.3) is 5.69 Å². The van der Waals surface area contributed by atoms with Gasteiger partial charge in [-0.15, -0.1) is 0 Å². The normalized spacial score (nSPS) is 11.4. The number of nitro groups is 1. The first kappa shape index (κ1) is 20.9. The fraction of sp³-hybridized carbons (Fsp3) is 0.105. The molecule has 0 atom stereocenters. The van der Waals surface area contributed by atoms with Crippen LogP contribution in [0.4, 0.5) is 11.5 Å². The molecule has 3 rings (SSSR count). The van der Waals surface area contributed by atoms with Crippen molar-refractivity contribution in [2.45, 2.75) is 13.8 Å². The van der Waals surface area contributed by atoms with Gasteiger partial charge in [-0.1, -0.05) is 15.9 Å². The molecule has 3 aromatic rings. The van der Waals surface area contributed by atoms with E-state index in [9.17, 15) is 15.2 Å². The molecule has 0 aliphatic heterocycles.